The molecule has 2 atom stereocenters. The van der Waals surface area contributed by atoms with Crippen molar-refractivity contribution in [3.63, 3.8) is 0 Å². The number of nitrogens with one attached hydrogen (secondary N) is 1. The van der Waals surface area contributed by atoms with Crippen LogP contribution in [0.25, 0.3) is 0 Å². The van der Waals surface area contributed by atoms with Crippen LogP contribution >= 0.6 is 11.8 Å². The molecule has 5 heteroatoms. The number of amides is 1. The van der Waals surface area contributed by atoms with E-state index in [0.717, 1.165) is 5.69 Å². The first-order valence-corrected chi connectivity index (χ1v) is 6.79. The minimum absolute atomic E-state index is 0.0303. The molecule has 0 bridgehead atoms. The van der Waals surface area contributed by atoms with Crippen molar-refractivity contribution in [1.82, 2.24) is 10.3 Å². The minimum Gasteiger partial charge on any atom is -0.395 e. The summed E-state index contributed by atoms with van der Waals surface area (Å²) in [6.45, 7) is 1.96. The maximum absolute atomic E-state index is 11.7. The molecule has 0 saturated carbocycles. The lowest BCUT2D eigenvalue weighted by Gasteiger charge is -2.21. The average molecular weight is 254 g/mol. The Morgan fingerprint density at radius 2 is 2.35 bits per heavy atom. The lowest BCUT2D eigenvalue weighted by atomic mass is 10.2. The van der Waals surface area contributed by atoms with Gasteiger partial charge in [-0.3, -0.25) is 9.78 Å². The fourth-order valence-corrected chi connectivity index (χ4v) is 2.13. The van der Waals surface area contributed by atoms with Gasteiger partial charge in [-0.15, -0.1) is 0 Å². The number of thioether (sulfide) groups is 1. The summed E-state index contributed by atoms with van der Waals surface area (Å²) >= 11 is 1.55. The van der Waals surface area contributed by atoms with E-state index in [-0.39, 0.29) is 30.2 Å². The van der Waals surface area contributed by atoms with E-state index in [1.165, 1.54) is 0 Å². The maximum atomic E-state index is 11.7. The second-order valence-electron chi connectivity index (χ2n) is 3.81. The molecule has 1 rings (SSSR count). The quantitative estimate of drug-likeness (QED) is 0.790. The zero-order valence-corrected chi connectivity index (χ0v) is 10.9. The number of carbonyl (C=O) groups is 1. The van der Waals surface area contributed by atoms with Crippen molar-refractivity contribution < 1.29 is 9.90 Å². The fraction of sp³-hybridized carbons (Fsp3) is 0.500. The van der Waals surface area contributed by atoms with E-state index in [1.807, 2.05) is 31.4 Å². The summed E-state index contributed by atoms with van der Waals surface area (Å²) in [6.07, 6.45) is 3.87. The van der Waals surface area contributed by atoms with Gasteiger partial charge in [-0.25, -0.2) is 0 Å². The molecule has 2 N–H and O–H groups in total. The molecule has 0 fully saturated rings. The third kappa shape index (κ3) is 4.75. The molecular weight excluding hydrogens is 236 g/mol. The van der Waals surface area contributed by atoms with Gasteiger partial charge in [0.15, 0.2) is 0 Å². The Hall–Kier alpha value is -1.07. The van der Waals surface area contributed by atoms with Gasteiger partial charge in [0.25, 0.3) is 0 Å². The molecule has 0 aliphatic heterocycles. The number of hydrogen-bond donors (Lipinski definition) is 2. The van der Waals surface area contributed by atoms with Gasteiger partial charge in [0.2, 0.25) is 5.91 Å². The van der Waals surface area contributed by atoms with Gasteiger partial charge in [-0.05, 0) is 25.3 Å². The monoisotopic (exact) mass is 254 g/mol. The summed E-state index contributed by atoms with van der Waals surface area (Å²) in [7, 11) is 0. The largest absolute Gasteiger partial charge is 0.395 e. The van der Waals surface area contributed by atoms with Gasteiger partial charge in [-0.1, -0.05) is 6.07 Å². The molecule has 1 amide bonds. The first-order valence-electron chi connectivity index (χ1n) is 5.50. The van der Waals surface area contributed by atoms with Crippen LogP contribution in [0, 0.1) is 0 Å². The van der Waals surface area contributed by atoms with Gasteiger partial charge in [0.1, 0.15) is 0 Å². The standard InChI is InChI=1S/C12H18N2O2S/c1-9(11(8-15)17-2)14-12(16)7-10-5-3-4-6-13-10/h3-6,9,11,15H,7-8H2,1-2H3,(H,14,16). The van der Waals surface area contributed by atoms with Crippen LogP contribution in [-0.4, -0.2) is 40.2 Å². The predicted octanol–water partition coefficient (Wildman–Crippen LogP) is 0.853. The molecule has 4 nitrogen and oxygen atoms in total. The van der Waals surface area contributed by atoms with Crippen molar-refractivity contribution in [3.05, 3.63) is 30.1 Å². The Morgan fingerprint density at radius 3 is 2.88 bits per heavy atom. The van der Waals surface area contributed by atoms with Crippen LogP contribution in [0.2, 0.25) is 0 Å². The summed E-state index contributed by atoms with van der Waals surface area (Å²) in [6, 6.07) is 5.45. The lowest BCUT2D eigenvalue weighted by molar-refractivity contribution is -0.121. The maximum Gasteiger partial charge on any atom is 0.226 e. The Bertz CT molecular complexity index is 342. The van der Waals surface area contributed by atoms with Crippen molar-refractivity contribution in [3.8, 4) is 0 Å². The van der Waals surface area contributed by atoms with Crippen LogP contribution in [0.1, 0.15) is 12.6 Å². The summed E-state index contributed by atoms with van der Waals surface area (Å²) in [5.74, 6) is -0.0660. The SMILES string of the molecule is CSC(CO)C(C)NC(=O)Cc1ccccn1. The summed E-state index contributed by atoms with van der Waals surface area (Å²) in [5, 5.41) is 12.0. The Morgan fingerprint density at radius 1 is 1.59 bits per heavy atom. The van der Waals surface area contributed by atoms with Crippen LogP contribution in [0.15, 0.2) is 24.4 Å². The van der Waals surface area contributed by atoms with Gasteiger partial charge < -0.3 is 10.4 Å². The first kappa shape index (κ1) is 14.0. The minimum atomic E-state index is -0.0660. The van der Waals surface area contributed by atoms with Crippen LogP contribution in [0.4, 0.5) is 0 Å². The summed E-state index contributed by atoms with van der Waals surface area (Å²) in [5.41, 5.74) is 0.752. The molecule has 0 aliphatic carbocycles. The van der Waals surface area contributed by atoms with E-state index in [2.05, 4.69) is 10.3 Å². The predicted molar refractivity (Wildman–Crippen MR) is 69.9 cm³/mol. The van der Waals surface area contributed by atoms with Gasteiger partial charge in [-0.2, -0.15) is 11.8 Å². The summed E-state index contributed by atoms with van der Waals surface area (Å²) in [4.78, 5) is 15.8. The molecule has 1 aromatic heterocycles. The highest BCUT2D eigenvalue weighted by Crippen LogP contribution is 2.10. The molecule has 17 heavy (non-hydrogen) atoms. The second kappa shape index (κ2) is 7.29. The number of carbonyl (C=O) groups excluding carboxylic acids is 1. The molecule has 94 valence electrons. The van der Waals surface area contributed by atoms with Crippen molar-refractivity contribution >= 4 is 17.7 Å². The molecule has 1 aromatic rings. The van der Waals surface area contributed by atoms with E-state index >= 15 is 0 Å². The number of aliphatic hydroxyl groups excluding tert-OH is 1. The number of aliphatic hydroxyl groups is 1. The third-order valence-corrected chi connectivity index (χ3v) is 3.66. The highest BCUT2D eigenvalue weighted by Gasteiger charge is 2.17. The number of nitrogens with zero attached hydrogens (tertiary/aromatic N) is 1. The first-order chi connectivity index (χ1) is 8.17. The van der Waals surface area contributed by atoms with E-state index in [1.54, 1.807) is 18.0 Å². The number of rotatable bonds is 6. The molecular formula is C12H18N2O2S. The van der Waals surface area contributed by atoms with Gasteiger partial charge in [0.05, 0.1) is 13.0 Å². The molecule has 0 saturated heterocycles. The topological polar surface area (TPSA) is 62.2 Å². The number of hydrogen-bond acceptors (Lipinski definition) is 4. The highest BCUT2D eigenvalue weighted by molar-refractivity contribution is 7.99. The molecule has 1 heterocycles. The van der Waals surface area contributed by atoms with Gasteiger partial charge in [0, 0.05) is 23.2 Å². The fourth-order valence-electron chi connectivity index (χ4n) is 1.50. The van der Waals surface area contributed by atoms with Gasteiger partial charge >= 0.3 is 0 Å². The van der Waals surface area contributed by atoms with E-state index in [4.69, 9.17) is 5.11 Å². The van der Waals surface area contributed by atoms with Crippen molar-refractivity contribution in [2.75, 3.05) is 12.9 Å². The highest BCUT2D eigenvalue weighted by atomic mass is 32.2. The van der Waals surface area contributed by atoms with Crippen LogP contribution in [0.3, 0.4) is 0 Å². The van der Waals surface area contributed by atoms with E-state index in [0.29, 0.717) is 0 Å². The van der Waals surface area contributed by atoms with E-state index < -0.39 is 0 Å². The zero-order chi connectivity index (χ0) is 12.7. The smallest absolute Gasteiger partial charge is 0.226 e. The number of pyridine rings is 1. The summed E-state index contributed by atoms with van der Waals surface area (Å²) < 4.78 is 0. The normalized spacial score (nSPS) is 14.1. The molecule has 0 aliphatic rings. The Kier molecular flexibility index (Phi) is 6.00. The molecule has 0 spiro atoms. The van der Waals surface area contributed by atoms with Crippen LogP contribution < -0.4 is 5.32 Å². The second-order valence-corrected chi connectivity index (χ2v) is 4.89. The zero-order valence-electron chi connectivity index (χ0n) is 10.1. The van der Waals surface area contributed by atoms with E-state index in [9.17, 15) is 4.79 Å². The lowest BCUT2D eigenvalue weighted by Crippen LogP contribution is -2.41. The van der Waals surface area contributed by atoms with Crippen LogP contribution in [-0.2, 0) is 11.2 Å². The van der Waals surface area contributed by atoms with Crippen LogP contribution in [0.5, 0.6) is 0 Å². The number of aromatic nitrogens is 1. The third-order valence-electron chi connectivity index (χ3n) is 2.50. The average Bonchev–Trinajstić information content (AvgIpc) is 2.31. The Balaban J connectivity index is 2.44. The molecule has 2 unspecified atom stereocenters. The Labute approximate surface area is 106 Å². The molecule has 0 radical (unpaired) electrons. The van der Waals surface area contributed by atoms with Crippen molar-refractivity contribution in [1.29, 1.82) is 0 Å². The van der Waals surface area contributed by atoms with Crippen molar-refractivity contribution in [2.45, 2.75) is 24.6 Å². The molecule has 0 aromatic carbocycles. The van der Waals surface area contributed by atoms with Crippen molar-refractivity contribution in [2.24, 2.45) is 0 Å².